The topological polar surface area (TPSA) is 69.7 Å². The smallest absolute Gasteiger partial charge is 0.295 e. The molecule has 2 heterocycles. The first kappa shape index (κ1) is 13.7. The predicted molar refractivity (Wildman–Crippen MR) is 79.4 cm³/mol. The van der Waals surface area contributed by atoms with E-state index in [1.807, 2.05) is 25.1 Å². The van der Waals surface area contributed by atoms with Crippen LogP contribution in [0.25, 0.3) is 10.2 Å². The average molecular weight is 306 g/mol. The van der Waals surface area contributed by atoms with Crippen molar-refractivity contribution < 1.29 is 19.0 Å². The number of benzene rings is 1. The highest BCUT2D eigenvalue weighted by Crippen LogP contribution is 2.29. The molecule has 1 aromatic carbocycles. The fraction of sp³-hybridized carbons (Fsp3) is 0.286. The Morgan fingerprint density at radius 2 is 2.38 bits per heavy atom. The van der Waals surface area contributed by atoms with Gasteiger partial charge in [-0.15, -0.1) is 0 Å². The number of anilines is 1. The van der Waals surface area contributed by atoms with Crippen molar-refractivity contribution in [1.82, 2.24) is 4.98 Å². The molecular weight excluding hydrogens is 292 g/mol. The first-order chi connectivity index (χ1) is 10.3. The molecule has 1 aliphatic rings. The van der Waals surface area contributed by atoms with Crippen LogP contribution in [0.15, 0.2) is 30.2 Å². The summed E-state index contributed by atoms with van der Waals surface area (Å²) >= 11 is 1.38. The lowest BCUT2D eigenvalue weighted by Crippen LogP contribution is -2.20. The van der Waals surface area contributed by atoms with Gasteiger partial charge >= 0.3 is 0 Å². The van der Waals surface area contributed by atoms with Gasteiger partial charge in [0.2, 0.25) is 5.76 Å². The van der Waals surface area contributed by atoms with Gasteiger partial charge in [0.05, 0.1) is 16.8 Å². The van der Waals surface area contributed by atoms with Crippen LogP contribution in [0.4, 0.5) is 5.13 Å². The molecule has 0 saturated carbocycles. The summed E-state index contributed by atoms with van der Waals surface area (Å²) in [5.74, 6) is 0.590. The Balaban J connectivity index is 1.77. The van der Waals surface area contributed by atoms with Gasteiger partial charge in [-0.3, -0.25) is 10.1 Å². The van der Waals surface area contributed by atoms with E-state index in [4.69, 9.17) is 14.2 Å². The summed E-state index contributed by atoms with van der Waals surface area (Å²) in [7, 11) is 0. The number of amides is 1. The number of rotatable bonds is 4. The summed E-state index contributed by atoms with van der Waals surface area (Å²) in [5, 5.41) is 3.22. The maximum atomic E-state index is 12.0. The highest BCUT2D eigenvalue weighted by atomic mass is 32.1. The summed E-state index contributed by atoms with van der Waals surface area (Å²) in [4.78, 5) is 16.3. The maximum absolute atomic E-state index is 12.0. The summed E-state index contributed by atoms with van der Waals surface area (Å²) < 4.78 is 16.7. The second-order valence-corrected chi connectivity index (χ2v) is 5.27. The molecule has 1 N–H and O–H groups in total. The van der Waals surface area contributed by atoms with Gasteiger partial charge in [0.15, 0.2) is 5.13 Å². The third-order valence-corrected chi connectivity index (χ3v) is 3.70. The number of fused-ring (bicyclic) bond motifs is 1. The summed E-state index contributed by atoms with van der Waals surface area (Å²) in [5.41, 5.74) is 0.813. The van der Waals surface area contributed by atoms with Crippen molar-refractivity contribution in [3.63, 3.8) is 0 Å². The first-order valence-electron chi connectivity index (χ1n) is 6.55. The second kappa shape index (κ2) is 6.01. The number of nitrogens with zero attached hydrogens (tertiary/aromatic N) is 1. The number of hydrogen-bond donors (Lipinski definition) is 1. The lowest BCUT2D eigenvalue weighted by atomic mass is 10.3. The zero-order valence-corrected chi connectivity index (χ0v) is 12.2. The molecule has 0 atom stereocenters. The Morgan fingerprint density at radius 1 is 1.48 bits per heavy atom. The lowest BCUT2D eigenvalue weighted by molar-refractivity contribution is -0.117. The Hall–Kier alpha value is -2.28. The predicted octanol–water partition coefficient (Wildman–Crippen LogP) is 2.52. The van der Waals surface area contributed by atoms with E-state index in [1.165, 1.54) is 17.6 Å². The van der Waals surface area contributed by atoms with Crippen LogP contribution in [-0.4, -0.2) is 30.7 Å². The third kappa shape index (κ3) is 3.08. The molecule has 0 saturated heterocycles. The molecule has 0 bridgehead atoms. The summed E-state index contributed by atoms with van der Waals surface area (Å²) in [6.07, 6.45) is 1.32. The average Bonchev–Trinajstić information content (AvgIpc) is 2.90. The molecule has 1 aliphatic heterocycles. The SMILES string of the molecule is CCOc1ccc2nc(NC(=O)C3=COCCO3)sc2c1. The van der Waals surface area contributed by atoms with Crippen molar-refractivity contribution in [1.29, 1.82) is 0 Å². The minimum absolute atomic E-state index is 0.163. The zero-order chi connectivity index (χ0) is 14.7. The fourth-order valence-electron chi connectivity index (χ4n) is 1.86. The molecule has 2 aromatic rings. The number of carbonyl (C=O) groups excluding carboxylic acids is 1. The molecule has 7 heteroatoms. The molecule has 110 valence electrons. The molecule has 0 radical (unpaired) electrons. The van der Waals surface area contributed by atoms with E-state index >= 15 is 0 Å². The van der Waals surface area contributed by atoms with Gasteiger partial charge in [0.25, 0.3) is 5.91 Å². The minimum Gasteiger partial charge on any atom is -0.494 e. The number of nitrogens with one attached hydrogen (secondary N) is 1. The van der Waals surface area contributed by atoms with E-state index in [9.17, 15) is 4.79 Å². The number of ether oxygens (including phenoxy) is 3. The van der Waals surface area contributed by atoms with Gasteiger partial charge < -0.3 is 14.2 Å². The Labute approximate surface area is 125 Å². The summed E-state index contributed by atoms with van der Waals surface area (Å²) in [6.45, 7) is 3.37. The summed E-state index contributed by atoms with van der Waals surface area (Å²) in [6, 6.07) is 5.63. The fourth-order valence-corrected chi connectivity index (χ4v) is 2.75. The van der Waals surface area contributed by atoms with Crippen LogP contribution in [0.2, 0.25) is 0 Å². The van der Waals surface area contributed by atoms with Gasteiger partial charge in [0, 0.05) is 0 Å². The van der Waals surface area contributed by atoms with Gasteiger partial charge in [-0.2, -0.15) is 0 Å². The van der Waals surface area contributed by atoms with E-state index in [-0.39, 0.29) is 11.7 Å². The molecule has 3 rings (SSSR count). The van der Waals surface area contributed by atoms with Crippen molar-refractivity contribution in [2.24, 2.45) is 0 Å². The number of thiazole rings is 1. The van der Waals surface area contributed by atoms with Gasteiger partial charge in [-0.05, 0) is 25.1 Å². The highest BCUT2D eigenvalue weighted by molar-refractivity contribution is 7.22. The van der Waals surface area contributed by atoms with Crippen LogP contribution in [0.3, 0.4) is 0 Å². The number of hydrogen-bond acceptors (Lipinski definition) is 6. The van der Waals surface area contributed by atoms with E-state index in [1.54, 1.807) is 0 Å². The van der Waals surface area contributed by atoms with E-state index in [0.717, 1.165) is 16.0 Å². The van der Waals surface area contributed by atoms with Crippen molar-refractivity contribution in [3.8, 4) is 5.75 Å². The second-order valence-electron chi connectivity index (χ2n) is 4.24. The molecular formula is C14H14N2O4S. The largest absolute Gasteiger partial charge is 0.494 e. The van der Waals surface area contributed by atoms with Crippen molar-refractivity contribution in [2.75, 3.05) is 25.1 Å². The van der Waals surface area contributed by atoms with Crippen LogP contribution in [-0.2, 0) is 14.3 Å². The van der Waals surface area contributed by atoms with Crippen LogP contribution in [0, 0.1) is 0 Å². The van der Waals surface area contributed by atoms with Crippen LogP contribution >= 0.6 is 11.3 Å². The standard InChI is InChI=1S/C14H14N2O4S/c1-2-19-9-3-4-10-12(7-9)21-14(15-10)16-13(17)11-8-18-5-6-20-11/h3-4,7-8H,2,5-6H2,1H3,(H,15,16,17). The molecule has 1 amide bonds. The van der Waals surface area contributed by atoms with E-state index in [0.29, 0.717) is 25.0 Å². The van der Waals surface area contributed by atoms with Gasteiger partial charge in [0.1, 0.15) is 25.2 Å². The van der Waals surface area contributed by atoms with Crippen molar-refractivity contribution >= 4 is 32.6 Å². The molecule has 1 aromatic heterocycles. The maximum Gasteiger partial charge on any atom is 0.295 e. The third-order valence-electron chi connectivity index (χ3n) is 2.76. The minimum atomic E-state index is -0.362. The molecule has 6 nitrogen and oxygen atoms in total. The molecule has 0 fully saturated rings. The highest BCUT2D eigenvalue weighted by Gasteiger charge is 2.17. The monoisotopic (exact) mass is 306 g/mol. The quantitative estimate of drug-likeness (QED) is 0.940. The number of aromatic nitrogens is 1. The Morgan fingerprint density at radius 3 is 3.14 bits per heavy atom. The van der Waals surface area contributed by atoms with Crippen LogP contribution in [0.1, 0.15) is 6.92 Å². The normalized spacial score (nSPS) is 14.0. The molecule has 0 unspecified atom stereocenters. The molecule has 0 spiro atoms. The van der Waals surface area contributed by atoms with Crippen molar-refractivity contribution in [2.45, 2.75) is 6.92 Å². The van der Waals surface area contributed by atoms with Gasteiger partial charge in [-0.25, -0.2) is 4.98 Å². The van der Waals surface area contributed by atoms with E-state index in [2.05, 4.69) is 10.3 Å². The van der Waals surface area contributed by atoms with Gasteiger partial charge in [-0.1, -0.05) is 11.3 Å². The van der Waals surface area contributed by atoms with E-state index < -0.39 is 0 Å². The van der Waals surface area contributed by atoms with Crippen molar-refractivity contribution in [3.05, 3.63) is 30.2 Å². The molecule has 0 aliphatic carbocycles. The Bertz CT molecular complexity index is 695. The zero-order valence-electron chi connectivity index (χ0n) is 11.4. The first-order valence-corrected chi connectivity index (χ1v) is 7.37. The van der Waals surface area contributed by atoms with Crippen LogP contribution in [0.5, 0.6) is 5.75 Å². The lowest BCUT2D eigenvalue weighted by Gasteiger charge is -2.13. The molecule has 21 heavy (non-hydrogen) atoms. The number of carbonyl (C=O) groups is 1. The Kier molecular flexibility index (Phi) is 3.92. The van der Waals surface area contributed by atoms with Crippen LogP contribution < -0.4 is 10.1 Å².